The Morgan fingerprint density at radius 3 is 2.44 bits per heavy atom. The maximum atomic E-state index is 11.0. The molecule has 1 saturated heterocycles. The number of rotatable bonds is 3. The highest BCUT2D eigenvalue weighted by Gasteiger charge is 2.45. The summed E-state index contributed by atoms with van der Waals surface area (Å²) in [5.41, 5.74) is 8.44. The molecule has 1 N–H and O–H groups in total. The largest absolute Gasteiger partial charge is 0.479 e. The predicted octanol–water partition coefficient (Wildman–Crippen LogP) is 1.31. The summed E-state index contributed by atoms with van der Waals surface area (Å²) in [6, 6.07) is 0. The molecule has 0 aromatic rings. The number of carboxylic acids is 1. The lowest BCUT2D eigenvalue weighted by molar-refractivity contribution is -0.202. The number of esters is 1. The second kappa shape index (κ2) is 5.70. The minimum absolute atomic E-state index is 0.292. The number of carbonyl (C=O) groups excluding carboxylic acids is 1. The van der Waals surface area contributed by atoms with Gasteiger partial charge in [0.05, 0.1) is 0 Å². The fourth-order valence-corrected chi connectivity index (χ4v) is 1.97. The second-order valence-corrected chi connectivity index (χ2v) is 4.28. The normalized spacial score (nSPS) is 35.4. The van der Waals surface area contributed by atoms with Crippen molar-refractivity contribution in [3.8, 4) is 0 Å². The third-order valence-corrected chi connectivity index (χ3v) is 3.10. The standard InChI is InChI=1S/C10H15N3O5/c1-4-5(2)8(10(15)16)18-9(12-13-11)7(4)17-6(3)14/h4-5,7-9H,1-3H3,(H,15,16)/t4-,5-,7?,8?,9+/m0/s1. The SMILES string of the molecule is CC(=O)OC1[C@H](N=[N+]=[N-])OC(C(=O)O)[C@@H](C)[C@@H]1C. The van der Waals surface area contributed by atoms with Gasteiger partial charge in [0.2, 0.25) is 0 Å². The van der Waals surface area contributed by atoms with E-state index in [1.807, 2.05) is 0 Å². The average Bonchev–Trinajstić information content (AvgIpc) is 2.27. The Hall–Kier alpha value is -1.79. The molecule has 2 unspecified atom stereocenters. The van der Waals surface area contributed by atoms with Gasteiger partial charge in [0, 0.05) is 17.8 Å². The highest BCUT2D eigenvalue weighted by Crippen LogP contribution is 2.33. The van der Waals surface area contributed by atoms with Crippen LogP contribution in [0.25, 0.3) is 10.4 Å². The van der Waals surface area contributed by atoms with Crippen LogP contribution in [0.5, 0.6) is 0 Å². The molecule has 0 spiro atoms. The van der Waals surface area contributed by atoms with Crippen molar-refractivity contribution in [2.45, 2.75) is 39.2 Å². The maximum absolute atomic E-state index is 11.0. The van der Waals surface area contributed by atoms with Crippen molar-refractivity contribution in [3.63, 3.8) is 0 Å². The van der Waals surface area contributed by atoms with Gasteiger partial charge in [-0.1, -0.05) is 19.0 Å². The van der Waals surface area contributed by atoms with Crippen LogP contribution in [-0.4, -0.2) is 35.5 Å². The molecular formula is C10H15N3O5. The average molecular weight is 257 g/mol. The van der Waals surface area contributed by atoms with Gasteiger partial charge in [-0.25, -0.2) is 4.79 Å². The van der Waals surface area contributed by atoms with Gasteiger partial charge in [-0.15, -0.1) is 0 Å². The van der Waals surface area contributed by atoms with Crippen molar-refractivity contribution >= 4 is 11.9 Å². The first-order chi connectivity index (χ1) is 8.38. The smallest absolute Gasteiger partial charge is 0.333 e. The molecule has 0 bridgehead atoms. The molecule has 1 fully saturated rings. The number of nitrogens with zero attached hydrogens (tertiary/aromatic N) is 3. The lowest BCUT2D eigenvalue weighted by atomic mass is 9.83. The van der Waals surface area contributed by atoms with E-state index in [9.17, 15) is 9.59 Å². The van der Waals surface area contributed by atoms with E-state index in [0.29, 0.717) is 0 Å². The molecule has 100 valence electrons. The maximum Gasteiger partial charge on any atom is 0.333 e. The van der Waals surface area contributed by atoms with Gasteiger partial charge in [-0.05, 0) is 11.4 Å². The van der Waals surface area contributed by atoms with Crippen molar-refractivity contribution in [2.75, 3.05) is 0 Å². The van der Waals surface area contributed by atoms with E-state index in [-0.39, 0.29) is 11.8 Å². The highest BCUT2D eigenvalue weighted by molar-refractivity contribution is 5.73. The molecule has 0 aliphatic carbocycles. The van der Waals surface area contributed by atoms with Crippen LogP contribution in [0.4, 0.5) is 0 Å². The monoisotopic (exact) mass is 257 g/mol. The Morgan fingerprint density at radius 2 is 2.00 bits per heavy atom. The van der Waals surface area contributed by atoms with Crippen LogP contribution in [0.2, 0.25) is 0 Å². The van der Waals surface area contributed by atoms with Crippen molar-refractivity contribution in [2.24, 2.45) is 17.0 Å². The van der Waals surface area contributed by atoms with E-state index in [2.05, 4.69) is 10.0 Å². The molecular weight excluding hydrogens is 242 g/mol. The highest BCUT2D eigenvalue weighted by atomic mass is 16.6. The number of carbonyl (C=O) groups is 2. The third-order valence-electron chi connectivity index (χ3n) is 3.10. The number of azide groups is 1. The Bertz CT molecular complexity index is 393. The summed E-state index contributed by atoms with van der Waals surface area (Å²) in [4.78, 5) is 24.6. The summed E-state index contributed by atoms with van der Waals surface area (Å²) < 4.78 is 10.2. The molecule has 1 aliphatic rings. The predicted molar refractivity (Wildman–Crippen MR) is 59.3 cm³/mol. The molecule has 0 aromatic carbocycles. The molecule has 1 rings (SSSR count). The zero-order chi connectivity index (χ0) is 13.9. The van der Waals surface area contributed by atoms with Gasteiger partial charge in [-0.3, -0.25) is 4.79 Å². The summed E-state index contributed by atoms with van der Waals surface area (Å²) in [7, 11) is 0. The van der Waals surface area contributed by atoms with Crippen LogP contribution in [0.1, 0.15) is 20.8 Å². The Balaban J connectivity index is 2.99. The fraction of sp³-hybridized carbons (Fsp3) is 0.800. The minimum atomic E-state index is -1.13. The number of carboxylic acid groups (broad SMARTS) is 1. The van der Waals surface area contributed by atoms with E-state index in [4.69, 9.17) is 20.1 Å². The van der Waals surface area contributed by atoms with E-state index in [1.54, 1.807) is 13.8 Å². The topological polar surface area (TPSA) is 122 Å². The Labute approximate surface area is 103 Å². The summed E-state index contributed by atoms with van der Waals surface area (Å²) in [6.07, 6.45) is -2.97. The van der Waals surface area contributed by atoms with Crippen LogP contribution in [0, 0.1) is 11.8 Å². The zero-order valence-corrected chi connectivity index (χ0v) is 10.3. The molecule has 0 amide bonds. The van der Waals surface area contributed by atoms with Gasteiger partial charge in [-0.2, -0.15) is 0 Å². The van der Waals surface area contributed by atoms with Gasteiger partial charge in [0.15, 0.2) is 12.3 Å². The van der Waals surface area contributed by atoms with Gasteiger partial charge < -0.3 is 14.6 Å². The third kappa shape index (κ3) is 2.91. The quantitative estimate of drug-likeness (QED) is 0.353. The minimum Gasteiger partial charge on any atom is -0.479 e. The van der Waals surface area contributed by atoms with E-state index in [1.165, 1.54) is 6.92 Å². The fourth-order valence-electron chi connectivity index (χ4n) is 1.97. The Morgan fingerprint density at radius 1 is 1.39 bits per heavy atom. The first kappa shape index (κ1) is 14.3. The Kier molecular flexibility index (Phi) is 4.52. The number of aliphatic carboxylic acids is 1. The van der Waals surface area contributed by atoms with Crippen molar-refractivity contribution in [1.29, 1.82) is 0 Å². The molecule has 0 saturated carbocycles. The molecule has 1 aliphatic heterocycles. The van der Waals surface area contributed by atoms with E-state index < -0.39 is 30.4 Å². The summed E-state index contributed by atoms with van der Waals surface area (Å²) >= 11 is 0. The van der Waals surface area contributed by atoms with E-state index in [0.717, 1.165) is 0 Å². The molecule has 1 heterocycles. The number of ether oxygens (including phenoxy) is 2. The molecule has 0 radical (unpaired) electrons. The summed E-state index contributed by atoms with van der Waals surface area (Å²) in [5.74, 6) is -2.32. The van der Waals surface area contributed by atoms with Gasteiger partial charge in [0.1, 0.15) is 6.10 Å². The molecule has 0 aromatic heterocycles. The molecule has 5 atom stereocenters. The molecule has 18 heavy (non-hydrogen) atoms. The lowest BCUT2D eigenvalue weighted by Gasteiger charge is -2.40. The van der Waals surface area contributed by atoms with Crippen molar-refractivity contribution < 1.29 is 24.2 Å². The van der Waals surface area contributed by atoms with Gasteiger partial charge >= 0.3 is 11.9 Å². The zero-order valence-electron chi connectivity index (χ0n) is 10.3. The first-order valence-corrected chi connectivity index (χ1v) is 5.48. The first-order valence-electron chi connectivity index (χ1n) is 5.48. The van der Waals surface area contributed by atoms with Crippen molar-refractivity contribution in [3.05, 3.63) is 10.4 Å². The summed E-state index contributed by atoms with van der Waals surface area (Å²) in [6.45, 7) is 4.65. The van der Waals surface area contributed by atoms with Gasteiger partial charge in [0.25, 0.3) is 0 Å². The number of hydrogen-bond donors (Lipinski definition) is 1. The molecule has 8 nitrogen and oxygen atoms in total. The van der Waals surface area contributed by atoms with Crippen LogP contribution in [0.3, 0.4) is 0 Å². The number of hydrogen-bond acceptors (Lipinski definition) is 5. The lowest BCUT2D eigenvalue weighted by Crippen LogP contribution is -2.52. The van der Waals surface area contributed by atoms with Crippen LogP contribution in [0.15, 0.2) is 5.11 Å². The van der Waals surface area contributed by atoms with E-state index >= 15 is 0 Å². The second-order valence-electron chi connectivity index (χ2n) is 4.28. The van der Waals surface area contributed by atoms with Crippen molar-refractivity contribution in [1.82, 2.24) is 0 Å². The molecule has 8 heteroatoms. The summed E-state index contributed by atoms with van der Waals surface area (Å²) in [5, 5.41) is 12.4. The van der Waals surface area contributed by atoms with Crippen LogP contribution < -0.4 is 0 Å². The van der Waals surface area contributed by atoms with Crippen LogP contribution in [-0.2, 0) is 19.1 Å². The van der Waals surface area contributed by atoms with Crippen LogP contribution >= 0.6 is 0 Å².